The largest absolute Gasteiger partial charge is 0.483 e. The van der Waals surface area contributed by atoms with Crippen molar-refractivity contribution in [3.63, 3.8) is 0 Å². The zero-order valence-electron chi connectivity index (χ0n) is 23.0. The number of amides is 1. The van der Waals surface area contributed by atoms with Gasteiger partial charge < -0.3 is 25.7 Å². The average molecular weight is 580 g/mol. The van der Waals surface area contributed by atoms with Crippen molar-refractivity contribution in [1.82, 2.24) is 24.9 Å². The Morgan fingerprint density at radius 2 is 1.78 bits per heavy atom. The summed E-state index contributed by atoms with van der Waals surface area (Å²) < 4.78 is 3.23. The van der Waals surface area contributed by atoms with Gasteiger partial charge in [-0.3, -0.25) is 18.8 Å². The van der Waals surface area contributed by atoms with Gasteiger partial charge >= 0.3 is 0 Å². The predicted molar refractivity (Wildman–Crippen MR) is 161 cm³/mol. The highest BCUT2D eigenvalue weighted by atomic mass is 32.1. The summed E-state index contributed by atoms with van der Waals surface area (Å²) in [6.07, 6.45) is 9.54. The molecule has 0 spiro atoms. The van der Waals surface area contributed by atoms with Gasteiger partial charge in [-0.1, -0.05) is 42.0 Å². The van der Waals surface area contributed by atoms with Gasteiger partial charge in [-0.15, -0.1) is 0 Å². The maximum atomic E-state index is 12.7. The number of thiazole rings is 1. The van der Waals surface area contributed by atoms with Gasteiger partial charge in [0.1, 0.15) is 0 Å². The molecule has 1 unspecified atom stereocenters. The minimum atomic E-state index is -0.250. The second-order valence-corrected chi connectivity index (χ2v) is 11.1. The molecular weight excluding hydrogens is 542 g/mol. The van der Waals surface area contributed by atoms with Gasteiger partial charge in [0.25, 0.3) is 18.9 Å². The van der Waals surface area contributed by atoms with Crippen molar-refractivity contribution in [3.05, 3.63) is 59.8 Å². The van der Waals surface area contributed by atoms with Crippen LogP contribution in [-0.4, -0.2) is 76.1 Å². The highest BCUT2D eigenvalue weighted by Crippen LogP contribution is 2.31. The lowest BCUT2D eigenvalue weighted by Gasteiger charge is -2.26. The predicted octanol–water partition coefficient (Wildman–Crippen LogP) is 4.65. The Labute approximate surface area is 243 Å². The maximum Gasteiger partial charge on any atom is 0.290 e. The molecule has 2 aliphatic heterocycles. The summed E-state index contributed by atoms with van der Waals surface area (Å²) in [6.45, 7) is 4.81. The van der Waals surface area contributed by atoms with E-state index >= 15 is 0 Å². The van der Waals surface area contributed by atoms with Gasteiger partial charge in [0.15, 0.2) is 4.96 Å². The molecule has 10 nitrogen and oxygen atoms in total. The van der Waals surface area contributed by atoms with E-state index in [1.807, 2.05) is 18.2 Å². The summed E-state index contributed by atoms with van der Waals surface area (Å²) >= 11 is 1.63. The Morgan fingerprint density at radius 3 is 2.46 bits per heavy atom. The number of imidazole rings is 1. The number of hydrogen-bond donors (Lipinski definition) is 4. The number of piperidine rings is 1. The fourth-order valence-electron chi connectivity index (χ4n) is 5.43. The first kappa shape index (κ1) is 30.2. The van der Waals surface area contributed by atoms with Crippen LogP contribution in [0.15, 0.2) is 48.7 Å². The number of fused-ring (bicyclic) bond motifs is 3. The molecule has 0 radical (unpaired) electrons. The summed E-state index contributed by atoms with van der Waals surface area (Å²) in [4.78, 5) is 37.8. The van der Waals surface area contributed by atoms with Crippen LogP contribution in [0.5, 0.6) is 0 Å². The Bertz CT molecular complexity index is 1420. The highest BCUT2D eigenvalue weighted by molar-refractivity contribution is 7.23. The van der Waals surface area contributed by atoms with Crippen LogP contribution in [0, 0.1) is 0 Å². The molecule has 41 heavy (non-hydrogen) atoms. The summed E-state index contributed by atoms with van der Waals surface area (Å²) in [5.74, 6) is 0.00844. The first-order chi connectivity index (χ1) is 20.1. The molecule has 2 saturated heterocycles. The van der Waals surface area contributed by atoms with Gasteiger partial charge in [0, 0.05) is 29.9 Å². The quantitative estimate of drug-likeness (QED) is 0.184. The lowest BCUT2D eigenvalue weighted by Crippen LogP contribution is -2.33. The number of nitrogens with one attached hydrogen (secondary N) is 2. The summed E-state index contributed by atoms with van der Waals surface area (Å²) in [5.41, 5.74) is 5.29. The number of carboxylic acid groups (broad SMARTS) is 2. The maximum absolute atomic E-state index is 12.7. The topological polar surface area (TPSA) is 136 Å². The molecule has 4 N–H and O–H groups in total. The van der Waals surface area contributed by atoms with E-state index in [4.69, 9.17) is 24.8 Å². The lowest BCUT2D eigenvalue weighted by molar-refractivity contribution is -0.123. The molecule has 0 aliphatic carbocycles. The molecule has 6 rings (SSSR count). The van der Waals surface area contributed by atoms with Crippen LogP contribution < -0.4 is 10.6 Å². The van der Waals surface area contributed by atoms with Gasteiger partial charge in [0.05, 0.1) is 15.9 Å². The zero-order chi connectivity index (χ0) is 29.0. The molecular formula is C30H37N5O5S. The van der Waals surface area contributed by atoms with E-state index in [0.717, 1.165) is 58.1 Å². The van der Waals surface area contributed by atoms with Crippen molar-refractivity contribution in [2.45, 2.75) is 44.6 Å². The van der Waals surface area contributed by atoms with Gasteiger partial charge in [-0.2, -0.15) is 0 Å². The van der Waals surface area contributed by atoms with Crippen LogP contribution in [0.3, 0.4) is 0 Å². The average Bonchev–Trinajstić information content (AvgIpc) is 3.74. The van der Waals surface area contributed by atoms with Crippen LogP contribution in [0.1, 0.15) is 60.5 Å². The third kappa shape index (κ3) is 7.90. The Hall–Kier alpha value is -3.80. The van der Waals surface area contributed by atoms with E-state index in [2.05, 4.69) is 50.4 Å². The first-order valence-corrected chi connectivity index (χ1v) is 14.8. The van der Waals surface area contributed by atoms with Crippen LogP contribution in [0.4, 0.5) is 0 Å². The van der Waals surface area contributed by atoms with Crippen molar-refractivity contribution in [3.8, 4) is 11.3 Å². The fraction of sp³-hybridized carbons (Fsp3) is 0.400. The molecule has 2 aliphatic rings. The summed E-state index contributed by atoms with van der Waals surface area (Å²) in [5, 5.41) is 20.4. The van der Waals surface area contributed by atoms with Crippen LogP contribution >= 0.6 is 11.3 Å². The molecule has 2 aromatic carbocycles. The minimum absolute atomic E-state index is 0.00844. The first-order valence-electron chi connectivity index (χ1n) is 14.0. The molecule has 218 valence electrons. The monoisotopic (exact) mass is 579 g/mol. The molecule has 4 aromatic rings. The number of aromatic nitrogens is 2. The smallest absolute Gasteiger partial charge is 0.290 e. The zero-order valence-corrected chi connectivity index (χ0v) is 23.8. The molecule has 1 atom stereocenters. The number of nitrogens with zero attached hydrogens (tertiary/aromatic N) is 3. The van der Waals surface area contributed by atoms with E-state index in [0.29, 0.717) is 6.04 Å². The van der Waals surface area contributed by atoms with Crippen molar-refractivity contribution < 1.29 is 24.6 Å². The molecule has 11 heteroatoms. The van der Waals surface area contributed by atoms with Gasteiger partial charge in [-0.25, -0.2) is 4.98 Å². The Kier molecular flexibility index (Phi) is 11.2. The number of rotatable bonds is 7. The van der Waals surface area contributed by atoms with E-state index in [1.165, 1.54) is 50.8 Å². The SMILES string of the molecule is O=C(NCCCN1CCCCC1)c1ccc2c(c1)sc1nc(-c3ccc(C4CCCN4)cc3)cn12.O=CO.O=CO. The number of benzene rings is 2. The van der Waals surface area contributed by atoms with E-state index in [1.54, 1.807) is 11.3 Å². The fourth-order valence-corrected chi connectivity index (χ4v) is 6.47. The molecule has 2 fully saturated rings. The van der Waals surface area contributed by atoms with Crippen molar-refractivity contribution in [2.75, 3.05) is 32.7 Å². The molecule has 1 amide bonds. The molecule has 0 saturated carbocycles. The standard InChI is InChI=1S/C28H33N5OS.2CH2O2/c34-27(30-14-5-17-32-15-2-1-3-16-32)22-11-12-25-26(18-22)35-28-31-24(19-33(25)28)21-9-7-20(8-10-21)23-6-4-13-29-23;2*2-1-3/h7-12,18-19,23,29H,1-6,13-17H2,(H,30,34);2*1H,(H,2,3). The van der Waals surface area contributed by atoms with Crippen molar-refractivity contribution >= 4 is 45.4 Å². The summed E-state index contributed by atoms with van der Waals surface area (Å²) in [7, 11) is 0. The Balaban J connectivity index is 0.000000596. The molecule has 0 bridgehead atoms. The van der Waals surface area contributed by atoms with Gasteiger partial charge in [-0.05, 0) is 82.0 Å². The number of hydrogen-bond acceptors (Lipinski definition) is 7. The number of carbonyl (C=O) groups is 3. The van der Waals surface area contributed by atoms with Crippen LogP contribution in [0.2, 0.25) is 0 Å². The van der Waals surface area contributed by atoms with E-state index in [9.17, 15) is 4.79 Å². The Morgan fingerprint density at radius 1 is 1.05 bits per heavy atom. The van der Waals surface area contributed by atoms with E-state index < -0.39 is 0 Å². The lowest BCUT2D eigenvalue weighted by atomic mass is 10.0. The van der Waals surface area contributed by atoms with Crippen molar-refractivity contribution in [2.24, 2.45) is 0 Å². The second-order valence-electron chi connectivity index (χ2n) is 10.1. The third-order valence-electron chi connectivity index (χ3n) is 7.41. The van der Waals surface area contributed by atoms with Crippen LogP contribution in [-0.2, 0) is 9.59 Å². The normalized spacial score (nSPS) is 16.8. The highest BCUT2D eigenvalue weighted by Gasteiger charge is 2.17. The molecule has 4 heterocycles. The van der Waals surface area contributed by atoms with Crippen LogP contribution in [0.25, 0.3) is 26.4 Å². The third-order valence-corrected chi connectivity index (χ3v) is 8.43. The van der Waals surface area contributed by atoms with Gasteiger partial charge in [0.2, 0.25) is 0 Å². The number of carbonyl (C=O) groups excluding carboxylic acids is 1. The summed E-state index contributed by atoms with van der Waals surface area (Å²) in [6, 6.07) is 15.3. The minimum Gasteiger partial charge on any atom is -0.483 e. The van der Waals surface area contributed by atoms with E-state index in [-0.39, 0.29) is 18.9 Å². The van der Waals surface area contributed by atoms with Crippen molar-refractivity contribution in [1.29, 1.82) is 0 Å². The number of likely N-dealkylation sites (tertiary alicyclic amines) is 1. The molecule has 2 aromatic heterocycles. The second kappa shape index (κ2) is 15.3.